The lowest BCUT2D eigenvalue weighted by Gasteiger charge is -2.55. The van der Waals surface area contributed by atoms with E-state index in [1.54, 1.807) is 11.3 Å². The molecule has 5 heteroatoms. The Hall–Kier alpha value is -2.14. The predicted octanol–water partition coefficient (Wildman–Crippen LogP) is 5.46. The van der Waals surface area contributed by atoms with E-state index < -0.39 is 0 Å². The van der Waals surface area contributed by atoms with Crippen LogP contribution in [0.2, 0.25) is 0 Å². The van der Waals surface area contributed by atoms with Crippen LogP contribution in [-0.4, -0.2) is 11.8 Å². The molecule has 4 aliphatic rings. The van der Waals surface area contributed by atoms with E-state index in [9.17, 15) is 9.59 Å². The quantitative estimate of drug-likeness (QED) is 0.605. The highest BCUT2D eigenvalue weighted by atomic mass is 32.1. The fourth-order valence-electron chi connectivity index (χ4n) is 6.64. The molecule has 2 N–H and O–H groups in total. The van der Waals surface area contributed by atoms with Gasteiger partial charge in [-0.15, -0.1) is 11.3 Å². The van der Waals surface area contributed by atoms with Crippen LogP contribution in [-0.2, 0) is 11.3 Å². The van der Waals surface area contributed by atoms with Crippen molar-refractivity contribution in [2.45, 2.75) is 64.5 Å². The molecule has 0 spiro atoms. The lowest BCUT2D eigenvalue weighted by atomic mass is 9.49. The summed E-state index contributed by atoms with van der Waals surface area (Å²) in [7, 11) is 0. The highest BCUT2D eigenvalue weighted by Crippen LogP contribution is 2.60. The van der Waals surface area contributed by atoms with Gasteiger partial charge in [0.15, 0.2) is 0 Å². The highest BCUT2D eigenvalue weighted by Gasteiger charge is 2.54. The van der Waals surface area contributed by atoms with Gasteiger partial charge in [0.1, 0.15) is 0 Å². The highest BCUT2D eigenvalue weighted by molar-refractivity contribution is 7.10. The molecule has 4 aliphatic carbocycles. The average Bonchev–Trinajstić information content (AvgIpc) is 3.30. The third-order valence-corrected chi connectivity index (χ3v) is 8.78. The fraction of sp³-hybridized carbons (Fsp3) is 0.538. The number of hydrogen-bond donors (Lipinski definition) is 2. The minimum absolute atomic E-state index is 0.0479. The molecule has 1 aromatic heterocycles. The van der Waals surface area contributed by atoms with Crippen molar-refractivity contribution in [2.75, 3.05) is 0 Å². The molecular formula is C26H32N2O2S. The summed E-state index contributed by atoms with van der Waals surface area (Å²) in [6, 6.07) is 11.8. The summed E-state index contributed by atoms with van der Waals surface area (Å²) in [5.41, 5.74) is 1.59. The Kier molecular flexibility index (Phi) is 5.63. The van der Waals surface area contributed by atoms with Crippen LogP contribution in [0.5, 0.6) is 0 Å². The SMILES string of the molecule is CCC(NC(=O)c1ccc(CNC(=O)C23CC4CC(CC(C4)C2)C3)cc1)c1cccs1. The van der Waals surface area contributed by atoms with Gasteiger partial charge in [-0.1, -0.05) is 25.1 Å². The molecule has 6 rings (SSSR count). The number of hydrogen-bond acceptors (Lipinski definition) is 3. The summed E-state index contributed by atoms with van der Waals surface area (Å²) in [6.45, 7) is 2.62. The molecule has 164 valence electrons. The van der Waals surface area contributed by atoms with Crippen LogP contribution in [0.3, 0.4) is 0 Å². The van der Waals surface area contributed by atoms with E-state index >= 15 is 0 Å². The Morgan fingerprint density at radius 1 is 1.03 bits per heavy atom. The molecule has 1 aromatic carbocycles. The summed E-state index contributed by atoms with van der Waals surface area (Å²) in [5, 5.41) is 8.40. The molecule has 4 saturated carbocycles. The maximum atomic E-state index is 13.1. The van der Waals surface area contributed by atoms with Crippen molar-refractivity contribution < 1.29 is 9.59 Å². The van der Waals surface area contributed by atoms with Crippen molar-refractivity contribution in [2.24, 2.45) is 23.2 Å². The Morgan fingerprint density at radius 2 is 1.68 bits per heavy atom. The van der Waals surface area contributed by atoms with Gasteiger partial charge in [0.25, 0.3) is 5.91 Å². The van der Waals surface area contributed by atoms with Gasteiger partial charge in [0.05, 0.1) is 6.04 Å². The number of rotatable bonds is 7. The Labute approximate surface area is 188 Å². The number of benzene rings is 1. The van der Waals surface area contributed by atoms with E-state index in [1.165, 1.54) is 24.1 Å². The lowest BCUT2D eigenvalue weighted by Crippen LogP contribution is -2.53. The second-order valence-electron chi connectivity index (χ2n) is 10.0. The zero-order valence-corrected chi connectivity index (χ0v) is 19.0. The molecular weight excluding hydrogens is 404 g/mol. The second-order valence-corrected chi connectivity index (χ2v) is 11.0. The predicted molar refractivity (Wildman–Crippen MR) is 124 cm³/mol. The van der Waals surface area contributed by atoms with Crippen molar-refractivity contribution in [3.05, 3.63) is 57.8 Å². The smallest absolute Gasteiger partial charge is 0.251 e. The number of thiophene rings is 1. The topological polar surface area (TPSA) is 58.2 Å². The van der Waals surface area contributed by atoms with Crippen molar-refractivity contribution in [3.63, 3.8) is 0 Å². The average molecular weight is 437 g/mol. The summed E-state index contributed by atoms with van der Waals surface area (Å²) >= 11 is 1.67. The summed E-state index contributed by atoms with van der Waals surface area (Å²) in [6.07, 6.45) is 8.18. The molecule has 4 bridgehead atoms. The van der Waals surface area contributed by atoms with E-state index in [-0.39, 0.29) is 23.3 Å². The summed E-state index contributed by atoms with van der Waals surface area (Å²) < 4.78 is 0. The Bertz CT molecular complexity index is 900. The number of nitrogens with one attached hydrogen (secondary N) is 2. The Balaban J connectivity index is 1.17. The van der Waals surface area contributed by atoms with E-state index in [0.717, 1.165) is 49.0 Å². The van der Waals surface area contributed by atoms with Crippen LogP contribution in [0.25, 0.3) is 0 Å². The molecule has 0 radical (unpaired) electrons. The normalized spacial score (nSPS) is 29.5. The van der Waals surface area contributed by atoms with E-state index in [1.807, 2.05) is 35.7 Å². The minimum atomic E-state index is -0.106. The maximum absolute atomic E-state index is 13.1. The molecule has 2 amide bonds. The zero-order valence-electron chi connectivity index (χ0n) is 18.2. The molecule has 31 heavy (non-hydrogen) atoms. The number of carbonyl (C=O) groups excluding carboxylic acids is 2. The van der Waals surface area contributed by atoms with Crippen LogP contribution in [0.15, 0.2) is 41.8 Å². The first-order valence-corrected chi connectivity index (χ1v) is 12.6. The van der Waals surface area contributed by atoms with Crippen LogP contribution in [0, 0.1) is 23.2 Å². The summed E-state index contributed by atoms with van der Waals surface area (Å²) in [4.78, 5) is 27.0. The van der Waals surface area contributed by atoms with Gasteiger partial charge in [0.2, 0.25) is 5.91 Å². The van der Waals surface area contributed by atoms with Gasteiger partial charge in [-0.25, -0.2) is 0 Å². The van der Waals surface area contributed by atoms with Gasteiger partial charge in [-0.2, -0.15) is 0 Å². The Morgan fingerprint density at radius 3 is 2.23 bits per heavy atom. The van der Waals surface area contributed by atoms with Crippen LogP contribution >= 0.6 is 11.3 Å². The van der Waals surface area contributed by atoms with Crippen LogP contribution in [0.1, 0.15) is 78.7 Å². The lowest BCUT2D eigenvalue weighted by molar-refractivity contribution is -0.146. The molecule has 2 aromatic rings. The molecule has 1 atom stereocenters. The van der Waals surface area contributed by atoms with Gasteiger partial charge >= 0.3 is 0 Å². The van der Waals surface area contributed by atoms with Gasteiger partial charge in [-0.05, 0) is 91.8 Å². The van der Waals surface area contributed by atoms with Crippen molar-refractivity contribution in [3.8, 4) is 0 Å². The summed E-state index contributed by atoms with van der Waals surface area (Å²) in [5.74, 6) is 2.53. The molecule has 0 aliphatic heterocycles. The molecule has 4 nitrogen and oxygen atoms in total. The first kappa shape index (κ1) is 20.7. The zero-order chi connectivity index (χ0) is 21.4. The van der Waals surface area contributed by atoms with Gasteiger partial charge in [0, 0.05) is 22.4 Å². The second kappa shape index (κ2) is 8.42. The standard InChI is InChI=1S/C26H32N2O2S/c1-2-22(23-4-3-9-31-23)28-24(29)21-7-5-17(6-8-21)16-27-25(30)26-13-18-10-19(14-26)12-20(11-18)15-26/h3-9,18-20,22H,2,10-16H2,1H3,(H,27,30)(H,28,29). The molecule has 4 fully saturated rings. The molecule has 0 saturated heterocycles. The number of carbonyl (C=O) groups is 2. The first-order valence-electron chi connectivity index (χ1n) is 11.8. The number of amides is 2. The molecule has 1 heterocycles. The fourth-order valence-corrected chi connectivity index (χ4v) is 7.50. The van der Waals surface area contributed by atoms with Gasteiger partial charge in [-0.3, -0.25) is 9.59 Å². The maximum Gasteiger partial charge on any atom is 0.251 e. The minimum Gasteiger partial charge on any atom is -0.352 e. The van der Waals surface area contributed by atoms with Crippen LogP contribution in [0.4, 0.5) is 0 Å². The van der Waals surface area contributed by atoms with Crippen molar-refractivity contribution >= 4 is 23.2 Å². The van der Waals surface area contributed by atoms with Crippen molar-refractivity contribution in [1.29, 1.82) is 0 Å². The third kappa shape index (κ3) is 4.17. The largest absolute Gasteiger partial charge is 0.352 e. The van der Waals surface area contributed by atoms with Crippen molar-refractivity contribution in [1.82, 2.24) is 10.6 Å². The van der Waals surface area contributed by atoms with E-state index in [4.69, 9.17) is 0 Å². The van der Waals surface area contributed by atoms with Gasteiger partial charge < -0.3 is 10.6 Å². The van der Waals surface area contributed by atoms with Crippen LogP contribution < -0.4 is 10.6 Å². The monoisotopic (exact) mass is 436 g/mol. The van der Waals surface area contributed by atoms with E-state index in [2.05, 4.69) is 23.6 Å². The third-order valence-electron chi connectivity index (χ3n) is 7.79. The molecule has 1 unspecified atom stereocenters. The first-order chi connectivity index (χ1) is 15.0. The van der Waals surface area contributed by atoms with E-state index in [0.29, 0.717) is 12.1 Å².